The van der Waals surface area contributed by atoms with Crippen LogP contribution in [0.2, 0.25) is 0 Å². The Bertz CT molecular complexity index is 510. The van der Waals surface area contributed by atoms with Gasteiger partial charge in [-0.3, -0.25) is 10.1 Å². The van der Waals surface area contributed by atoms with Gasteiger partial charge >= 0.3 is 0 Å². The molecule has 6 nitrogen and oxygen atoms in total. The molecule has 20 heavy (non-hydrogen) atoms. The molecule has 110 valence electrons. The van der Waals surface area contributed by atoms with Crippen LogP contribution in [-0.4, -0.2) is 35.3 Å². The number of nitro groups is 1. The molecule has 1 aliphatic heterocycles. The Balaban J connectivity index is 2.22. The summed E-state index contributed by atoms with van der Waals surface area (Å²) in [6.45, 7) is 7.19. The van der Waals surface area contributed by atoms with Crippen molar-refractivity contribution >= 4 is 11.4 Å². The van der Waals surface area contributed by atoms with Crippen molar-refractivity contribution in [3.05, 3.63) is 28.3 Å². The topological polar surface area (TPSA) is 75.8 Å². The number of anilines is 1. The first-order valence-corrected chi connectivity index (χ1v) is 6.75. The summed E-state index contributed by atoms with van der Waals surface area (Å²) in [5, 5.41) is 21.2. The zero-order valence-corrected chi connectivity index (χ0v) is 12.0. The van der Waals surface area contributed by atoms with Crippen LogP contribution in [0, 0.1) is 16.0 Å². The summed E-state index contributed by atoms with van der Waals surface area (Å²) in [7, 11) is 0. The summed E-state index contributed by atoms with van der Waals surface area (Å²) >= 11 is 0. The fourth-order valence-electron chi connectivity index (χ4n) is 2.27. The third kappa shape index (κ3) is 2.70. The van der Waals surface area contributed by atoms with Crippen LogP contribution in [0.25, 0.3) is 0 Å². The number of aliphatic hydroxyl groups is 1. The molecule has 0 aliphatic carbocycles. The fraction of sp³-hybridized carbons (Fsp3) is 0.571. The molecule has 0 bridgehead atoms. The van der Waals surface area contributed by atoms with E-state index in [0.29, 0.717) is 31.1 Å². The van der Waals surface area contributed by atoms with Gasteiger partial charge in [0.2, 0.25) is 0 Å². The van der Waals surface area contributed by atoms with Gasteiger partial charge < -0.3 is 14.7 Å². The van der Waals surface area contributed by atoms with Gasteiger partial charge in [-0.1, -0.05) is 13.8 Å². The maximum Gasteiger partial charge on any atom is 0.275 e. The zero-order valence-electron chi connectivity index (χ0n) is 12.0. The van der Waals surface area contributed by atoms with Gasteiger partial charge in [-0.15, -0.1) is 0 Å². The Morgan fingerprint density at radius 2 is 2.10 bits per heavy atom. The molecule has 1 fully saturated rings. The summed E-state index contributed by atoms with van der Waals surface area (Å²) in [6.07, 6.45) is 0. The minimum Gasteiger partial charge on any atom is -0.494 e. The molecular formula is C14H20N2O4. The van der Waals surface area contributed by atoms with Crippen molar-refractivity contribution < 1.29 is 14.8 Å². The molecule has 2 rings (SSSR count). The summed E-state index contributed by atoms with van der Waals surface area (Å²) in [5.41, 5.74) is 0.00931. The average Bonchev–Trinajstić information content (AvgIpc) is 2.34. The maximum atomic E-state index is 11.0. The number of nitro benzene ring substituents is 1. The van der Waals surface area contributed by atoms with Crippen LogP contribution in [0.3, 0.4) is 0 Å². The molecule has 6 heteroatoms. The Hall–Kier alpha value is -1.82. The molecular weight excluding hydrogens is 260 g/mol. The van der Waals surface area contributed by atoms with Gasteiger partial charge in [0.1, 0.15) is 11.4 Å². The first-order chi connectivity index (χ1) is 9.35. The largest absolute Gasteiger partial charge is 0.494 e. The Morgan fingerprint density at radius 1 is 1.45 bits per heavy atom. The van der Waals surface area contributed by atoms with E-state index in [1.165, 1.54) is 12.1 Å². The first-order valence-electron chi connectivity index (χ1n) is 6.75. The molecule has 1 heterocycles. The second kappa shape index (κ2) is 5.28. The lowest BCUT2D eigenvalue weighted by atomic mass is 9.82. The molecule has 0 atom stereocenters. The third-order valence-electron chi connectivity index (χ3n) is 3.77. The van der Waals surface area contributed by atoms with Gasteiger partial charge in [0, 0.05) is 30.9 Å². The van der Waals surface area contributed by atoms with Crippen molar-refractivity contribution in [1.29, 1.82) is 0 Å². The average molecular weight is 280 g/mol. The van der Waals surface area contributed by atoms with Gasteiger partial charge in [0.05, 0.1) is 17.6 Å². The lowest BCUT2D eigenvalue weighted by Crippen LogP contribution is -2.64. The molecule has 0 radical (unpaired) electrons. The Morgan fingerprint density at radius 3 is 2.60 bits per heavy atom. The van der Waals surface area contributed by atoms with E-state index in [2.05, 4.69) is 0 Å². The lowest BCUT2D eigenvalue weighted by Gasteiger charge is -2.50. The van der Waals surface area contributed by atoms with Crippen LogP contribution in [0.15, 0.2) is 18.2 Å². The van der Waals surface area contributed by atoms with Gasteiger partial charge in [0.15, 0.2) is 0 Å². The van der Waals surface area contributed by atoms with E-state index >= 15 is 0 Å². The van der Waals surface area contributed by atoms with E-state index in [1.807, 2.05) is 25.7 Å². The Kier molecular flexibility index (Phi) is 3.85. The van der Waals surface area contributed by atoms with Gasteiger partial charge in [0.25, 0.3) is 5.69 Å². The number of benzene rings is 1. The molecule has 1 aromatic carbocycles. The summed E-state index contributed by atoms with van der Waals surface area (Å²) in [4.78, 5) is 12.5. The second-order valence-electron chi connectivity index (χ2n) is 5.49. The number of ether oxygens (including phenoxy) is 1. The monoisotopic (exact) mass is 280 g/mol. The highest BCUT2D eigenvalue weighted by Gasteiger charge is 2.44. The Labute approximate surface area is 118 Å². The first kappa shape index (κ1) is 14.6. The minimum atomic E-state index is -0.712. The summed E-state index contributed by atoms with van der Waals surface area (Å²) in [5.74, 6) is 0.639. The molecule has 1 aromatic rings. The molecule has 0 aromatic heterocycles. The van der Waals surface area contributed by atoms with E-state index in [4.69, 9.17) is 4.74 Å². The molecule has 0 amide bonds. The SMILES string of the molecule is CCOc1cc(N2CC(O)(C(C)C)C2)cc([N+](=O)[O-])c1. The van der Waals surface area contributed by atoms with E-state index < -0.39 is 10.5 Å². The predicted octanol–water partition coefficient (Wildman–Crippen LogP) is 2.20. The van der Waals surface area contributed by atoms with Crippen molar-refractivity contribution in [2.45, 2.75) is 26.4 Å². The summed E-state index contributed by atoms with van der Waals surface area (Å²) < 4.78 is 5.36. The number of hydrogen-bond donors (Lipinski definition) is 1. The predicted molar refractivity (Wildman–Crippen MR) is 76.3 cm³/mol. The molecule has 0 spiro atoms. The third-order valence-corrected chi connectivity index (χ3v) is 3.77. The van der Waals surface area contributed by atoms with Crippen LogP contribution in [0.5, 0.6) is 5.75 Å². The highest BCUT2D eigenvalue weighted by Crippen LogP contribution is 2.36. The van der Waals surface area contributed by atoms with Crippen molar-refractivity contribution in [3.63, 3.8) is 0 Å². The van der Waals surface area contributed by atoms with Crippen LogP contribution in [-0.2, 0) is 0 Å². The van der Waals surface area contributed by atoms with Gasteiger partial charge in [-0.2, -0.15) is 0 Å². The standard InChI is InChI=1S/C14H20N2O4/c1-4-20-13-6-11(5-12(7-13)16(18)19)15-8-14(17,9-15)10(2)3/h5-7,10,17H,4,8-9H2,1-3H3. The van der Waals surface area contributed by atoms with Crippen molar-refractivity contribution in [2.24, 2.45) is 5.92 Å². The highest BCUT2D eigenvalue weighted by molar-refractivity contribution is 5.60. The van der Waals surface area contributed by atoms with Crippen LogP contribution in [0.1, 0.15) is 20.8 Å². The van der Waals surface area contributed by atoms with Crippen LogP contribution < -0.4 is 9.64 Å². The fourth-order valence-corrected chi connectivity index (χ4v) is 2.27. The van der Waals surface area contributed by atoms with Crippen molar-refractivity contribution in [1.82, 2.24) is 0 Å². The molecule has 1 aliphatic rings. The number of rotatable bonds is 5. The zero-order chi connectivity index (χ0) is 14.9. The summed E-state index contributed by atoms with van der Waals surface area (Å²) in [6, 6.07) is 4.71. The van der Waals surface area contributed by atoms with E-state index in [0.717, 1.165) is 0 Å². The number of non-ortho nitro benzene ring substituents is 1. The van der Waals surface area contributed by atoms with E-state index in [1.54, 1.807) is 6.07 Å². The van der Waals surface area contributed by atoms with Crippen LogP contribution in [0.4, 0.5) is 11.4 Å². The van der Waals surface area contributed by atoms with E-state index in [-0.39, 0.29) is 11.6 Å². The second-order valence-corrected chi connectivity index (χ2v) is 5.49. The molecule has 1 N–H and O–H groups in total. The van der Waals surface area contributed by atoms with Crippen LogP contribution >= 0.6 is 0 Å². The highest BCUT2D eigenvalue weighted by atomic mass is 16.6. The van der Waals surface area contributed by atoms with Gasteiger partial charge in [-0.05, 0) is 12.8 Å². The quantitative estimate of drug-likeness (QED) is 0.661. The smallest absolute Gasteiger partial charge is 0.275 e. The van der Waals surface area contributed by atoms with Crippen molar-refractivity contribution in [2.75, 3.05) is 24.6 Å². The number of hydrogen-bond acceptors (Lipinski definition) is 5. The maximum absolute atomic E-state index is 11.0. The number of β-amino-alcohol motifs (C(OH)–C–C–N with tert-alkyl or cyclic N) is 1. The number of nitrogens with zero attached hydrogens (tertiary/aromatic N) is 2. The molecule has 0 saturated carbocycles. The molecule has 0 unspecified atom stereocenters. The van der Waals surface area contributed by atoms with Gasteiger partial charge in [-0.25, -0.2) is 0 Å². The normalized spacial score (nSPS) is 16.9. The molecule has 1 saturated heterocycles. The lowest BCUT2D eigenvalue weighted by molar-refractivity contribution is -0.384. The van der Waals surface area contributed by atoms with Crippen molar-refractivity contribution in [3.8, 4) is 5.75 Å². The van der Waals surface area contributed by atoms with E-state index in [9.17, 15) is 15.2 Å². The minimum absolute atomic E-state index is 0.00550.